The summed E-state index contributed by atoms with van der Waals surface area (Å²) in [5.41, 5.74) is 0.0188. The standard InChI is InChI=1S/C16H16O8/c1-16(2)23-13(17)11(14(18)24-16)8-9-7-10(22-15(19)21-4)5-6-12(9)20-3/h5-8H,1-4H3. The molecule has 0 aliphatic carbocycles. The lowest BCUT2D eigenvalue weighted by Crippen LogP contribution is -2.41. The Morgan fingerprint density at radius 3 is 2.29 bits per heavy atom. The smallest absolute Gasteiger partial charge is 0.496 e. The lowest BCUT2D eigenvalue weighted by molar-refractivity contribution is -0.222. The van der Waals surface area contributed by atoms with Crippen LogP contribution in [0.5, 0.6) is 11.5 Å². The molecular formula is C16H16O8. The molecule has 0 spiro atoms. The quantitative estimate of drug-likeness (QED) is 0.358. The van der Waals surface area contributed by atoms with E-state index in [1.54, 1.807) is 0 Å². The van der Waals surface area contributed by atoms with Gasteiger partial charge in [-0.2, -0.15) is 0 Å². The van der Waals surface area contributed by atoms with E-state index in [-0.39, 0.29) is 11.3 Å². The summed E-state index contributed by atoms with van der Waals surface area (Å²) >= 11 is 0. The van der Waals surface area contributed by atoms with Gasteiger partial charge in [-0.05, 0) is 24.3 Å². The normalized spacial score (nSPS) is 15.9. The molecule has 1 aliphatic rings. The SMILES string of the molecule is COC(=O)Oc1ccc(OC)c(C=C2C(=O)OC(C)(C)OC2=O)c1. The maximum absolute atomic E-state index is 12.0. The van der Waals surface area contributed by atoms with Crippen LogP contribution in [0, 0.1) is 0 Å². The summed E-state index contributed by atoms with van der Waals surface area (Å²) in [6, 6.07) is 4.38. The first-order valence-corrected chi connectivity index (χ1v) is 6.88. The Hall–Kier alpha value is -3.03. The Labute approximate surface area is 137 Å². The van der Waals surface area contributed by atoms with Crippen molar-refractivity contribution in [3.8, 4) is 11.5 Å². The van der Waals surface area contributed by atoms with Gasteiger partial charge in [0.2, 0.25) is 0 Å². The van der Waals surface area contributed by atoms with Crippen LogP contribution in [0.3, 0.4) is 0 Å². The van der Waals surface area contributed by atoms with Crippen molar-refractivity contribution in [3.05, 3.63) is 29.3 Å². The van der Waals surface area contributed by atoms with Crippen LogP contribution in [0.2, 0.25) is 0 Å². The number of carbonyl (C=O) groups is 3. The number of cyclic esters (lactones) is 2. The first-order chi connectivity index (χ1) is 11.3. The lowest BCUT2D eigenvalue weighted by atomic mass is 10.1. The molecule has 0 bridgehead atoms. The fourth-order valence-electron chi connectivity index (χ4n) is 1.96. The molecule has 0 unspecified atom stereocenters. The average molecular weight is 336 g/mol. The summed E-state index contributed by atoms with van der Waals surface area (Å²) in [4.78, 5) is 35.2. The number of hydrogen-bond acceptors (Lipinski definition) is 8. The van der Waals surface area contributed by atoms with Crippen LogP contribution < -0.4 is 9.47 Å². The van der Waals surface area contributed by atoms with Crippen molar-refractivity contribution in [2.45, 2.75) is 19.6 Å². The molecular weight excluding hydrogens is 320 g/mol. The van der Waals surface area contributed by atoms with Crippen LogP contribution in [0.15, 0.2) is 23.8 Å². The number of esters is 2. The highest BCUT2D eigenvalue weighted by Crippen LogP contribution is 2.29. The first kappa shape index (κ1) is 17.3. The van der Waals surface area contributed by atoms with Gasteiger partial charge < -0.3 is 23.7 Å². The van der Waals surface area contributed by atoms with Gasteiger partial charge >= 0.3 is 18.1 Å². The number of rotatable bonds is 3. The van der Waals surface area contributed by atoms with Crippen LogP contribution in [0.4, 0.5) is 4.79 Å². The molecule has 0 atom stereocenters. The summed E-state index contributed by atoms with van der Waals surface area (Å²) in [5, 5.41) is 0. The second-order valence-corrected chi connectivity index (χ2v) is 5.20. The van der Waals surface area contributed by atoms with Gasteiger partial charge in [-0.1, -0.05) is 0 Å². The first-order valence-electron chi connectivity index (χ1n) is 6.88. The Morgan fingerprint density at radius 2 is 1.75 bits per heavy atom. The average Bonchev–Trinajstić information content (AvgIpc) is 2.50. The molecule has 0 amide bonds. The highest BCUT2D eigenvalue weighted by molar-refractivity contribution is 6.19. The second-order valence-electron chi connectivity index (χ2n) is 5.20. The van der Waals surface area contributed by atoms with E-state index in [0.717, 1.165) is 0 Å². The van der Waals surface area contributed by atoms with E-state index in [4.69, 9.17) is 18.9 Å². The minimum Gasteiger partial charge on any atom is -0.496 e. The third-order valence-electron chi connectivity index (χ3n) is 2.99. The molecule has 8 heteroatoms. The van der Waals surface area contributed by atoms with Gasteiger partial charge in [-0.3, -0.25) is 0 Å². The van der Waals surface area contributed by atoms with E-state index >= 15 is 0 Å². The zero-order chi connectivity index (χ0) is 17.9. The molecule has 1 aromatic carbocycles. The van der Waals surface area contributed by atoms with Crippen molar-refractivity contribution >= 4 is 24.2 Å². The highest BCUT2D eigenvalue weighted by atomic mass is 16.7. The van der Waals surface area contributed by atoms with Gasteiger partial charge in [0.15, 0.2) is 0 Å². The predicted octanol–water partition coefficient (Wildman–Crippen LogP) is 2.06. The molecule has 0 radical (unpaired) electrons. The van der Waals surface area contributed by atoms with Crippen molar-refractivity contribution in [2.75, 3.05) is 14.2 Å². The van der Waals surface area contributed by atoms with E-state index in [1.165, 1.54) is 52.3 Å². The van der Waals surface area contributed by atoms with Crippen molar-refractivity contribution in [2.24, 2.45) is 0 Å². The third-order valence-corrected chi connectivity index (χ3v) is 2.99. The Bertz CT molecular complexity index is 695. The molecule has 1 saturated heterocycles. The van der Waals surface area contributed by atoms with E-state index in [1.807, 2.05) is 0 Å². The van der Waals surface area contributed by atoms with E-state index in [9.17, 15) is 14.4 Å². The fourth-order valence-corrected chi connectivity index (χ4v) is 1.96. The van der Waals surface area contributed by atoms with Gasteiger partial charge in [-0.15, -0.1) is 0 Å². The minimum atomic E-state index is -1.33. The van der Waals surface area contributed by atoms with Gasteiger partial charge in [-0.25, -0.2) is 14.4 Å². The van der Waals surface area contributed by atoms with Crippen LogP contribution in [-0.2, 0) is 23.8 Å². The summed E-state index contributed by atoms with van der Waals surface area (Å²) in [5.74, 6) is -2.47. The summed E-state index contributed by atoms with van der Waals surface area (Å²) in [7, 11) is 2.59. The molecule has 0 aromatic heterocycles. The Morgan fingerprint density at radius 1 is 1.12 bits per heavy atom. The molecule has 2 rings (SSSR count). The lowest BCUT2D eigenvalue weighted by Gasteiger charge is -2.29. The van der Waals surface area contributed by atoms with Gasteiger partial charge in [0.05, 0.1) is 14.2 Å². The zero-order valence-electron chi connectivity index (χ0n) is 13.6. The van der Waals surface area contributed by atoms with Gasteiger partial charge in [0, 0.05) is 19.4 Å². The molecule has 0 N–H and O–H groups in total. The second kappa shape index (κ2) is 6.61. The molecule has 128 valence electrons. The van der Waals surface area contributed by atoms with Gasteiger partial charge in [0.1, 0.15) is 17.1 Å². The highest BCUT2D eigenvalue weighted by Gasteiger charge is 2.39. The molecule has 24 heavy (non-hydrogen) atoms. The Balaban J connectivity index is 2.39. The monoisotopic (exact) mass is 336 g/mol. The number of hydrogen-bond donors (Lipinski definition) is 0. The fraction of sp³-hybridized carbons (Fsp3) is 0.312. The van der Waals surface area contributed by atoms with E-state index < -0.39 is 23.9 Å². The van der Waals surface area contributed by atoms with Crippen LogP contribution in [0.1, 0.15) is 19.4 Å². The largest absolute Gasteiger partial charge is 0.513 e. The summed E-state index contributed by atoms with van der Waals surface area (Å²) in [6.07, 6.45) is 0.333. The maximum Gasteiger partial charge on any atom is 0.513 e. The number of ether oxygens (including phenoxy) is 5. The van der Waals surface area contributed by atoms with Crippen molar-refractivity contribution in [1.82, 2.24) is 0 Å². The third kappa shape index (κ3) is 3.83. The minimum absolute atomic E-state index is 0.146. The topological polar surface area (TPSA) is 97.4 Å². The zero-order valence-corrected chi connectivity index (χ0v) is 13.6. The number of benzene rings is 1. The van der Waals surface area contributed by atoms with Crippen LogP contribution in [0.25, 0.3) is 6.08 Å². The predicted molar refractivity (Wildman–Crippen MR) is 80.3 cm³/mol. The maximum atomic E-state index is 12.0. The van der Waals surface area contributed by atoms with E-state index in [2.05, 4.69) is 4.74 Å². The van der Waals surface area contributed by atoms with Crippen molar-refractivity contribution < 1.29 is 38.1 Å². The van der Waals surface area contributed by atoms with Crippen LogP contribution >= 0.6 is 0 Å². The Kier molecular flexibility index (Phi) is 4.77. The molecule has 0 saturated carbocycles. The van der Waals surface area contributed by atoms with E-state index in [0.29, 0.717) is 11.3 Å². The number of methoxy groups -OCH3 is 2. The molecule has 1 aromatic rings. The van der Waals surface area contributed by atoms with Crippen molar-refractivity contribution in [1.29, 1.82) is 0 Å². The molecule has 1 aliphatic heterocycles. The van der Waals surface area contributed by atoms with Gasteiger partial charge in [0.25, 0.3) is 5.79 Å². The van der Waals surface area contributed by atoms with Crippen LogP contribution in [-0.4, -0.2) is 38.1 Å². The summed E-state index contributed by atoms with van der Waals surface area (Å²) in [6.45, 7) is 2.90. The summed E-state index contributed by atoms with van der Waals surface area (Å²) < 4.78 is 24.5. The van der Waals surface area contributed by atoms with Crippen molar-refractivity contribution in [3.63, 3.8) is 0 Å². The molecule has 1 fully saturated rings. The molecule has 8 nitrogen and oxygen atoms in total. The number of carbonyl (C=O) groups excluding carboxylic acids is 3. The molecule has 1 heterocycles.